The van der Waals surface area contributed by atoms with Crippen LogP contribution in [0.4, 0.5) is 11.4 Å². The molecule has 0 fully saturated rings. The van der Waals surface area contributed by atoms with E-state index >= 15 is 0 Å². The van der Waals surface area contributed by atoms with Gasteiger partial charge in [0, 0.05) is 11.3 Å². The number of ether oxygens (including phenoxy) is 1. The van der Waals surface area contributed by atoms with E-state index in [4.69, 9.17) is 45.3 Å². The second-order valence-corrected chi connectivity index (χ2v) is 5.36. The fourth-order valence-electron chi connectivity index (χ4n) is 1.69. The number of carbonyl (C=O) groups excluding carboxylic acids is 1. The summed E-state index contributed by atoms with van der Waals surface area (Å²) in [5.41, 5.74) is 6.74. The number of nitrogens with two attached hydrogens (primary N) is 1. The fourth-order valence-corrected chi connectivity index (χ4v) is 2.28. The van der Waals surface area contributed by atoms with Gasteiger partial charge in [0.2, 0.25) is 0 Å². The molecule has 2 aromatic carbocycles. The number of anilines is 2. The van der Waals surface area contributed by atoms with Crippen LogP contribution in [0.25, 0.3) is 0 Å². The smallest absolute Gasteiger partial charge is 0.255 e. The second kappa shape index (κ2) is 6.43. The van der Waals surface area contributed by atoms with E-state index in [-0.39, 0.29) is 21.6 Å². The number of hydrogen-bond acceptors (Lipinski definition) is 3. The van der Waals surface area contributed by atoms with E-state index in [1.54, 1.807) is 18.2 Å². The number of methoxy groups -OCH3 is 1. The average molecular weight is 346 g/mol. The van der Waals surface area contributed by atoms with E-state index in [0.29, 0.717) is 22.0 Å². The molecule has 2 aromatic rings. The van der Waals surface area contributed by atoms with Crippen LogP contribution >= 0.6 is 34.8 Å². The van der Waals surface area contributed by atoms with Gasteiger partial charge in [0.15, 0.2) is 0 Å². The maximum absolute atomic E-state index is 12.2. The average Bonchev–Trinajstić information content (AvgIpc) is 2.44. The Balaban J connectivity index is 2.24. The second-order valence-electron chi connectivity index (χ2n) is 4.16. The molecular weight excluding hydrogens is 335 g/mol. The number of benzene rings is 2. The first kappa shape index (κ1) is 15.8. The van der Waals surface area contributed by atoms with Crippen molar-refractivity contribution in [2.75, 3.05) is 18.2 Å². The summed E-state index contributed by atoms with van der Waals surface area (Å²) in [6.45, 7) is 0. The van der Waals surface area contributed by atoms with Gasteiger partial charge in [0.25, 0.3) is 5.91 Å². The molecule has 0 aliphatic heterocycles. The summed E-state index contributed by atoms with van der Waals surface area (Å²) in [6.07, 6.45) is 0. The first-order chi connectivity index (χ1) is 9.92. The SMILES string of the molecule is COc1ccc(NC(=O)c2cc(N)c(Cl)c(Cl)c2)cc1Cl. The van der Waals surface area contributed by atoms with Gasteiger partial charge in [-0.25, -0.2) is 0 Å². The molecule has 0 heterocycles. The molecule has 0 aliphatic carbocycles. The zero-order valence-electron chi connectivity index (χ0n) is 10.9. The molecule has 0 bridgehead atoms. The molecule has 0 saturated heterocycles. The molecule has 0 aromatic heterocycles. The predicted octanol–water partition coefficient (Wildman–Crippen LogP) is 4.49. The van der Waals surface area contributed by atoms with E-state index in [9.17, 15) is 4.79 Å². The molecular formula is C14H11Cl3N2O2. The van der Waals surface area contributed by atoms with E-state index in [2.05, 4.69) is 5.32 Å². The zero-order valence-corrected chi connectivity index (χ0v) is 13.2. The summed E-state index contributed by atoms with van der Waals surface area (Å²) in [5, 5.41) is 3.52. The highest BCUT2D eigenvalue weighted by Crippen LogP contribution is 2.30. The number of carbonyl (C=O) groups is 1. The lowest BCUT2D eigenvalue weighted by molar-refractivity contribution is 0.102. The monoisotopic (exact) mass is 344 g/mol. The van der Waals surface area contributed by atoms with Crippen molar-refractivity contribution in [2.24, 2.45) is 0 Å². The molecule has 0 aliphatic rings. The van der Waals surface area contributed by atoms with Crippen molar-refractivity contribution in [1.82, 2.24) is 0 Å². The molecule has 0 saturated carbocycles. The van der Waals surface area contributed by atoms with Crippen molar-refractivity contribution < 1.29 is 9.53 Å². The normalized spacial score (nSPS) is 10.3. The minimum Gasteiger partial charge on any atom is -0.495 e. The Morgan fingerprint density at radius 3 is 2.43 bits per heavy atom. The summed E-state index contributed by atoms with van der Waals surface area (Å²) in [6, 6.07) is 7.80. The Morgan fingerprint density at radius 1 is 1.14 bits per heavy atom. The molecule has 0 spiro atoms. The number of halogens is 3. The van der Waals surface area contributed by atoms with Crippen LogP contribution in [-0.2, 0) is 0 Å². The van der Waals surface area contributed by atoms with Crippen LogP contribution < -0.4 is 15.8 Å². The van der Waals surface area contributed by atoms with Gasteiger partial charge in [-0.3, -0.25) is 4.79 Å². The third-order valence-corrected chi connectivity index (χ3v) is 3.84. The molecule has 0 atom stereocenters. The van der Waals surface area contributed by atoms with E-state index in [1.165, 1.54) is 19.2 Å². The van der Waals surface area contributed by atoms with Crippen molar-refractivity contribution in [3.05, 3.63) is 51.0 Å². The van der Waals surface area contributed by atoms with Crippen LogP contribution in [0.15, 0.2) is 30.3 Å². The predicted molar refractivity (Wildman–Crippen MR) is 86.8 cm³/mol. The van der Waals surface area contributed by atoms with Crippen LogP contribution in [0.3, 0.4) is 0 Å². The Bertz CT molecular complexity index is 682. The highest BCUT2D eigenvalue weighted by atomic mass is 35.5. The van der Waals surface area contributed by atoms with Crippen LogP contribution in [0, 0.1) is 0 Å². The zero-order chi connectivity index (χ0) is 15.6. The van der Waals surface area contributed by atoms with Crippen molar-refractivity contribution >= 4 is 52.1 Å². The van der Waals surface area contributed by atoms with Gasteiger partial charge >= 0.3 is 0 Å². The van der Waals surface area contributed by atoms with Crippen LogP contribution in [0.5, 0.6) is 5.75 Å². The third-order valence-electron chi connectivity index (χ3n) is 2.73. The Kier molecular flexibility index (Phi) is 4.83. The van der Waals surface area contributed by atoms with Crippen LogP contribution in [0.2, 0.25) is 15.1 Å². The highest BCUT2D eigenvalue weighted by molar-refractivity contribution is 6.44. The molecule has 7 heteroatoms. The molecule has 21 heavy (non-hydrogen) atoms. The molecule has 0 radical (unpaired) electrons. The van der Waals surface area contributed by atoms with Crippen molar-refractivity contribution in [1.29, 1.82) is 0 Å². The van der Waals surface area contributed by atoms with Crippen LogP contribution in [-0.4, -0.2) is 13.0 Å². The van der Waals surface area contributed by atoms with E-state index in [0.717, 1.165) is 0 Å². The quantitative estimate of drug-likeness (QED) is 0.806. The molecule has 1 amide bonds. The minimum atomic E-state index is -0.374. The fraction of sp³-hybridized carbons (Fsp3) is 0.0714. The lowest BCUT2D eigenvalue weighted by Crippen LogP contribution is -2.12. The Labute approximate surface area is 136 Å². The summed E-state index contributed by atoms with van der Waals surface area (Å²) < 4.78 is 5.04. The first-order valence-electron chi connectivity index (χ1n) is 5.81. The van der Waals surface area contributed by atoms with Gasteiger partial charge in [-0.1, -0.05) is 34.8 Å². The molecule has 4 nitrogen and oxygen atoms in total. The topological polar surface area (TPSA) is 64.3 Å². The number of rotatable bonds is 3. The van der Waals surface area contributed by atoms with Gasteiger partial charge in [0.05, 0.1) is 27.9 Å². The summed E-state index contributed by atoms with van der Waals surface area (Å²) in [5.74, 6) is 0.148. The highest BCUT2D eigenvalue weighted by Gasteiger charge is 2.12. The summed E-state index contributed by atoms with van der Waals surface area (Å²) in [7, 11) is 1.51. The minimum absolute atomic E-state index is 0.217. The molecule has 3 N–H and O–H groups in total. The van der Waals surface area contributed by atoms with E-state index in [1.807, 2.05) is 0 Å². The molecule has 0 unspecified atom stereocenters. The van der Waals surface area contributed by atoms with Crippen molar-refractivity contribution in [3.63, 3.8) is 0 Å². The maximum atomic E-state index is 12.2. The van der Waals surface area contributed by atoms with Gasteiger partial charge in [0.1, 0.15) is 5.75 Å². The number of nitrogen functional groups attached to an aromatic ring is 1. The standard InChI is InChI=1S/C14H11Cl3N2O2/c1-21-12-3-2-8(6-9(12)15)19-14(20)7-4-10(16)13(17)11(18)5-7/h2-6H,18H2,1H3,(H,19,20). The lowest BCUT2D eigenvalue weighted by Gasteiger charge is -2.09. The number of nitrogens with one attached hydrogen (secondary N) is 1. The van der Waals surface area contributed by atoms with Crippen LogP contribution in [0.1, 0.15) is 10.4 Å². The summed E-state index contributed by atoms with van der Waals surface area (Å²) in [4.78, 5) is 12.2. The van der Waals surface area contributed by atoms with Gasteiger partial charge in [-0.05, 0) is 30.3 Å². The van der Waals surface area contributed by atoms with Crippen molar-refractivity contribution in [3.8, 4) is 5.75 Å². The van der Waals surface area contributed by atoms with Gasteiger partial charge < -0.3 is 15.8 Å². The summed E-state index contributed by atoms with van der Waals surface area (Å²) >= 11 is 17.7. The van der Waals surface area contributed by atoms with E-state index < -0.39 is 0 Å². The number of amides is 1. The Hall–Kier alpha value is -1.62. The molecule has 2 rings (SSSR count). The first-order valence-corrected chi connectivity index (χ1v) is 6.95. The van der Waals surface area contributed by atoms with Crippen molar-refractivity contribution in [2.45, 2.75) is 0 Å². The third kappa shape index (κ3) is 3.53. The lowest BCUT2D eigenvalue weighted by atomic mass is 10.2. The molecule has 110 valence electrons. The largest absolute Gasteiger partial charge is 0.495 e. The number of hydrogen-bond donors (Lipinski definition) is 2. The van der Waals surface area contributed by atoms with Gasteiger partial charge in [-0.15, -0.1) is 0 Å². The Morgan fingerprint density at radius 2 is 1.86 bits per heavy atom. The maximum Gasteiger partial charge on any atom is 0.255 e. The van der Waals surface area contributed by atoms with Gasteiger partial charge in [-0.2, -0.15) is 0 Å².